The molecule has 0 aromatic heterocycles. The van der Waals surface area contributed by atoms with Crippen LogP contribution in [-0.4, -0.2) is 89.6 Å². The number of rotatable bonds is 46. The van der Waals surface area contributed by atoms with E-state index in [4.69, 9.17) is 39.7 Å². The molecule has 0 spiro atoms. The van der Waals surface area contributed by atoms with Crippen LogP contribution >= 0.6 is 0 Å². The Labute approximate surface area is 496 Å². The number of likely N-dealkylation sites (N-methyl/N-ethyl adjacent to an activating group) is 1. The number of quaternary nitrogens is 1. The first-order valence-electron chi connectivity index (χ1n) is 31.6. The molecule has 9 heteroatoms. The molecule has 2 rings (SSSR count). The van der Waals surface area contributed by atoms with Crippen molar-refractivity contribution in [2.45, 2.75) is 258 Å². The van der Waals surface area contributed by atoms with Crippen molar-refractivity contribution in [1.82, 2.24) is 0 Å². The fraction of sp³-hybridized carbons (Fsp3) is 0.667. The van der Waals surface area contributed by atoms with Gasteiger partial charge in [-0.1, -0.05) is 200 Å². The predicted molar refractivity (Wildman–Crippen MR) is 337 cm³/mol. The molecule has 8 nitrogen and oxygen atoms in total. The van der Waals surface area contributed by atoms with E-state index in [2.05, 4.69) is 143 Å². The molecule has 0 radical (unpaired) electrons. The average Bonchev–Trinajstić information content (AvgIpc) is 3.52. The second kappa shape index (κ2) is 52.9. The molecule has 1 aliphatic heterocycles. The standard InChI is InChI=1S/C72H103BNO7/c1-8-12-15-18-21-24-27-30-33-34-37-39-42-45-48-51-60-76-70-56-54-68(55-57-70)73-79-67(5)63-71(80-73)64-69(11-4)81-78-62-53-58-74(6,7)65-72(77-61-52-49-46-43-40-36-32-29-26-23-20-17-14-10-3)66-75-59-50-47-44-41-38-35-31-28-25-22-19-16-13-9-2/h1,54-57,67,69,71-72H,9-11,13-14,16-17,19-20,22-23,25-26,28-29,31-32,35-36,38,40-41,43-44,46-47,49-50,52-53,58-59,61-66H2,2-7H3/q+1. The highest BCUT2D eigenvalue weighted by Gasteiger charge is 2.35. The van der Waals surface area contributed by atoms with Gasteiger partial charge in [-0.05, 0) is 97.6 Å². The number of ether oxygens (including phenoxy) is 3. The molecule has 1 aliphatic rings. The van der Waals surface area contributed by atoms with Crippen molar-refractivity contribution in [2.75, 3.05) is 53.6 Å². The molecule has 1 aromatic rings. The van der Waals surface area contributed by atoms with Crippen molar-refractivity contribution >= 4 is 12.6 Å². The zero-order valence-corrected chi connectivity index (χ0v) is 51.4. The van der Waals surface area contributed by atoms with Crippen LogP contribution in [0.1, 0.15) is 233 Å². The smallest absolute Gasteiger partial charge is 0.407 e. The molecule has 4 unspecified atom stereocenters. The molecule has 1 aromatic carbocycles. The topological polar surface area (TPSA) is 64.6 Å². The largest absolute Gasteiger partial charge is 0.494 e. The molecule has 1 saturated heterocycles. The Balaban J connectivity index is 1.75. The second-order valence-electron chi connectivity index (χ2n) is 22.2. The molecule has 0 saturated carbocycles. The van der Waals surface area contributed by atoms with Gasteiger partial charge in [0.25, 0.3) is 0 Å². The van der Waals surface area contributed by atoms with E-state index in [9.17, 15) is 0 Å². The lowest BCUT2D eigenvalue weighted by Gasteiger charge is -2.34. The van der Waals surface area contributed by atoms with E-state index < -0.39 is 7.12 Å². The van der Waals surface area contributed by atoms with E-state index in [0.717, 1.165) is 68.4 Å². The molecule has 440 valence electrons. The van der Waals surface area contributed by atoms with Gasteiger partial charge in [0.05, 0.1) is 40.0 Å². The third kappa shape index (κ3) is 44.2. The number of benzene rings is 1. The minimum Gasteiger partial charge on any atom is -0.407 e. The normalized spacial score (nSPS) is 14.0. The summed E-state index contributed by atoms with van der Waals surface area (Å²) in [6, 6.07) is 7.50. The molecule has 1 fully saturated rings. The van der Waals surface area contributed by atoms with Gasteiger partial charge in [0, 0.05) is 85.6 Å². The maximum absolute atomic E-state index is 6.61. The van der Waals surface area contributed by atoms with Crippen molar-refractivity contribution in [3.8, 4) is 113 Å². The van der Waals surface area contributed by atoms with Gasteiger partial charge in [-0.2, -0.15) is 0 Å². The monoisotopic (exact) mass is 1100 g/mol. The van der Waals surface area contributed by atoms with Crippen molar-refractivity contribution < 1.29 is 37.8 Å². The van der Waals surface area contributed by atoms with Crippen LogP contribution in [0.15, 0.2) is 24.3 Å². The van der Waals surface area contributed by atoms with E-state index in [-0.39, 0.29) is 24.4 Å². The summed E-state index contributed by atoms with van der Waals surface area (Å²) in [6.07, 6.45) is 48.8. The Morgan fingerprint density at radius 1 is 0.531 bits per heavy atom. The summed E-state index contributed by atoms with van der Waals surface area (Å²) in [4.78, 5) is 11.9. The van der Waals surface area contributed by atoms with Crippen molar-refractivity contribution in [1.29, 1.82) is 0 Å². The van der Waals surface area contributed by atoms with Crippen molar-refractivity contribution in [2.24, 2.45) is 0 Å². The number of hydrogen-bond donors (Lipinski definition) is 0. The highest BCUT2D eigenvalue weighted by atomic mass is 17.2. The van der Waals surface area contributed by atoms with E-state index in [1.807, 2.05) is 24.3 Å². The molecule has 81 heavy (non-hydrogen) atoms. The minimum atomic E-state index is -0.510. The van der Waals surface area contributed by atoms with E-state index in [1.165, 1.54) is 167 Å². The Bertz CT molecular complexity index is 2330. The van der Waals surface area contributed by atoms with Gasteiger partial charge in [-0.15, -0.1) is 6.42 Å². The van der Waals surface area contributed by atoms with Crippen LogP contribution in [0.4, 0.5) is 0 Å². The molecule has 0 N–H and O–H groups in total. The van der Waals surface area contributed by atoms with Crippen LogP contribution in [0.2, 0.25) is 0 Å². The van der Waals surface area contributed by atoms with Crippen LogP contribution in [-0.2, 0) is 28.6 Å². The highest BCUT2D eigenvalue weighted by molar-refractivity contribution is 6.61. The fourth-order valence-corrected chi connectivity index (χ4v) is 9.67. The average molecular weight is 1110 g/mol. The van der Waals surface area contributed by atoms with E-state index in [0.29, 0.717) is 25.4 Å². The zero-order valence-electron chi connectivity index (χ0n) is 51.4. The van der Waals surface area contributed by atoms with Crippen LogP contribution in [0, 0.1) is 107 Å². The first-order chi connectivity index (χ1) is 39.8. The molecular weight excluding hydrogens is 1000 g/mol. The van der Waals surface area contributed by atoms with Gasteiger partial charge in [0.15, 0.2) is 0 Å². The Morgan fingerprint density at radius 3 is 1.44 bits per heavy atom. The van der Waals surface area contributed by atoms with Crippen LogP contribution in [0.5, 0.6) is 5.75 Å². The van der Waals surface area contributed by atoms with Crippen molar-refractivity contribution in [3.63, 3.8) is 0 Å². The number of hydrogen-bond acceptors (Lipinski definition) is 7. The van der Waals surface area contributed by atoms with E-state index >= 15 is 0 Å². The van der Waals surface area contributed by atoms with Crippen LogP contribution in [0.25, 0.3) is 0 Å². The lowest BCUT2D eigenvalue weighted by molar-refractivity contribution is -0.893. The summed E-state index contributed by atoms with van der Waals surface area (Å²) >= 11 is 0. The van der Waals surface area contributed by atoms with Crippen molar-refractivity contribution in [3.05, 3.63) is 24.3 Å². The summed E-state index contributed by atoms with van der Waals surface area (Å²) in [5.74, 6) is 40.8. The molecule has 0 bridgehead atoms. The Kier molecular flexibility index (Phi) is 47.0. The molecule has 0 amide bonds. The summed E-state index contributed by atoms with van der Waals surface area (Å²) < 4.78 is 32.0. The summed E-state index contributed by atoms with van der Waals surface area (Å²) in [5, 5.41) is 0. The van der Waals surface area contributed by atoms with Crippen LogP contribution < -0.4 is 10.2 Å². The molecule has 4 atom stereocenters. The maximum atomic E-state index is 6.61. The summed E-state index contributed by atoms with van der Waals surface area (Å²) in [5.41, 5.74) is 0.893. The van der Waals surface area contributed by atoms with Gasteiger partial charge in [-0.3, -0.25) is 0 Å². The summed E-state index contributed by atoms with van der Waals surface area (Å²) in [6.45, 7) is 13.5. The van der Waals surface area contributed by atoms with Gasteiger partial charge < -0.3 is 28.0 Å². The number of nitrogens with zero attached hydrogens (tertiary/aromatic N) is 1. The lowest BCUT2D eigenvalue weighted by Crippen LogP contribution is -2.48. The Hall–Kier alpha value is -5.16. The van der Waals surface area contributed by atoms with E-state index in [1.54, 1.807) is 0 Å². The maximum Gasteiger partial charge on any atom is 0.494 e. The Morgan fingerprint density at radius 2 is 0.975 bits per heavy atom. The van der Waals surface area contributed by atoms with Gasteiger partial charge in [0.2, 0.25) is 0 Å². The fourth-order valence-electron chi connectivity index (χ4n) is 9.67. The SMILES string of the molecule is C#CC#CC#CC#CC#CC#CC#CC#CC#COc1ccc(B2OC(C)CC(CC(CC)OOCCC[N+](C)(C)CC(COCCCCCCCCCCCCCCCC)OCCCCCCCCCCCCCCCC)O2)cc1. The third-order valence-electron chi connectivity index (χ3n) is 14.3. The third-order valence-corrected chi connectivity index (χ3v) is 14.3. The minimum absolute atomic E-state index is 0.0155. The van der Waals surface area contributed by atoms with Gasteiger partial charge in [0.1, 0.15) is 24.5 Å². The lowest BCUT2D eigenvalue weighted by atomic mass is 9.76. The van der Waals surface area contributed by atoms with Crippen LogP contribution in [0.3, 0.4) is 0 Å². The molecular formula is C72H103BNO7+. The number of unbranched alkanes of at least 4 members (excludes halogenated alkanes) is 26. The molecule has 1 heterocycles. The highest BCUT2D eigenvalue weighted by Crippen LogP contribution is 2.23. The van der Waals surface area contributed by atoms with Gasteiger partial charge >= 0.3 is 7.12 Å². The number of terminal acetylenes is 1. The predicted octanol–water partition coefficient (Wildman–Crippen LogP) is 14.5. The summed E-state index contributed by atoms with van der Waals surface area (Å²) in [7, 11) is 4.09. The quantitative estimate of drug-likeness (QED) is 0.0161. The zero-order chi connectivity index (χ0) is 58.2. The second-order valence-corrected chi connectivity index (χ2v) is 22.2. The molecule has 0 aliphatic carbocycles. The first-order valence-corrected chi connectivity index (χ1v) is 31.6. The first kappa shape index (κ1) is 71.9. The van der Waals surface area contributed by atoms with Gasteiger partial charge in [-0.25, -0.2) is 9.78 Å².